The molecule has 1 aliphatic heterocycles. The average Bonchev–Trinajstić information content (AvgIpc) is 2.55. The quantitative estimate of drug-likeness (QED) is 0.555. The van der Waals surface area contributed by atoms with Crippen molar-refractivity contribution in [2.24, 2.45) is 0 Å². The van der Waals surface area contributed by atoms with Crippen molar-refractivity contribution < 1.29 is 9.53 Å². The monoisotopic (exact) mass is 235 g/mol. The Labute approximate surface area is 98.8 Å². The number of carbonyl (C=O) groups excluding carboxylic acids is 1. The molecule has 1 aromatic rings. The van der Waals surface area contributed by atoms with E-state index in [2.05, 4.69) is 4.98 Å². The van der Waals surface area contributed by atoms with Gasteiger partial charge in [0.1, 0.15) is 15.8 Å². The minimum atomic E-state index is -0.368. The number of rotatable bonds is 0. The van der Waals surface area contributed by atoms with Crippen LogP contribution < -0.4 is 0 Å². The second-order valence-corrected chi connectivity index (χ2v) is 4.95. The Kier molecular flexibility index (Phi) is 2.14. The number of aromatic nitrogens is 1. The fourth-order valence-corrected chi connectivity index (χ4v) is 3.10. The van der Waals surface area contributed by atoms with Gasteiger partial charge in [-0.05, 0) is 31.7 Å². The number of carbonyl (C=O) groups is 1. The van der Waals surface area contributed by atoms with E-state index in [1.165, 1.54) is 6.42 Å². The number of fused-ring (bicyclic) bond motifs is 2. The lowest BCUT2D eigenvalue weighted by atomic mass is 9.80. The molecule has 3 nitrogen and oxygen atoms in total. The highest BCUT2D eigenvalue weighted by atomic mass is 32.1. The third-order valence-corrected chi connectivity index (χ3v) is 3.93. The zero-order chi connectivity index (χ0) is 11.2. The van der Waals surface area contributed by atoms with Crippen LogP contribution in [0.1, 0.15) is 48.0 Å². The van der Waals surface area contributed by atoms with Crippen molar-refractivity contribution in [3.05, 3.63) is 28.0 Å². The van der Waals surface area contributed by atoms with Gasteiger partial charge in [0.25, 0.3) is 0 Å². The number of ether oxygens (including phenoxy) is 1. The van der Waals surface area contributed by atoms with Gasteiger partial charge in [-0.2, -0.15) is 0 Å². The van der Waals surface area contributed by atoms with Crippen molar-refractivity contribution in [1.29, 1.82) is 0 Å². The van der Waals surface area contributed by atoms with E-state index in [1.807, 2.05) is 6.07 Å². The molecule has 0 saturated heterocycles. The van der Waals surface area contributed by atoms with Crippen LogP contribution in [-0.4, -0.2) is 11.0 Å². The van der Waals surface area contributed by atoms with Crippen molar-refractivity contribution in [2.75, 3.05) is 0 Å². The van der Waals surface area contributed by atoms with Crippen LogP contribution in [-0.2, 0) is 10.3 Å². The summed E-state index contributed by atoms with van der Waals surface area (Å²) in [4.78, 5) is 14.7. The average molecular weight is 235 g/mol. The van der Waals surface area contributed by atoms with Gasteiger partial charge in [0, 0.05) is 11.8 Å². The van der Waals surface area contributed by atoms with Gasteiger partial charge >= 0.3 is 5.97 Å². The van der Waals surface area contributed by atoms with E-state index in [4.69, 9.17) is 17.0 Å². The summed E-state index contributed by atoms with van der Waals surface area (Å²) in [6.07, 6.45) is 7.15. The van der Waals surface area contributed by atoms with Crippen LogP contribution in [0.15, 0.2) is 12.3 Å². The zero-order valence-electron chi connectivity index (χ0n) is 8.91. The van der Waals surface area contributed by atoms with E-state index < -0.39 is 0 Å². The fourth-order valence-electron chi connectivity index (χ4n) is 2.84. The molecule has 1 spiro atoms. The normalized spacial score (nSPS) is 21.9. The maximum atomic E-state index is 11.9. The Balaban J connectivity index is 2.18. The molecule has 4 heteroatoms. The maximum Gasteiger partial charge on any atom is 0.342 e. The molecule has 0 unspecified atom stereocenters. The number of hydrogen-bond donors (Lipinski definition) is 1. The summed E-state index contributed by atoms with van der Waals surface area (Å²) in [5.74, 6) is -0.251. The van der Waals surface area contributed by atoms with Crippen LogP contribution in [0.4, 0.5) is 0 Å². The smallest absolute Gasteiger partial charge is 0.342 e. The van der Waals surface area contributed by atoms with Crippen LogP contribution in [0, 0.1) is 4.64 Å². The number of aromatic amines is 1. The van der Waals surface area contributed by atoms with Crippen LogP contribution in [0.3, 0.4) is 0 Å². The molecule has 0 bridgehead atoms. The summed E-state index contributed by atoms with van der Waals surface area (Å²) >= 11 is 5.15. The molecule has 1 N–H and O–H groups in total. The number of esters is 1. The summed E-state index contributed by atoms with van der Waals surface area (Å²) in [7, 11) is 0. The van der Waals surface area contributed by atoms with E-state index in [-0.39, 0.29) is 11.6 Å². The zero-order valence-corrected chi connectivity index (χ0v) is 9.73. The second kappa shape index (κ2) is 3.42. The highest BCUT2D eigenvalue weighted by Crippen LogP contribution is 2.46. The van der Waals surface area contributed by atoms with Crippen molar-refractivity contribution in [3.63, 3.8) is 0 Å². The van der Waals surface area contributed by atoms with Gasteiger partial charge < -0.3 is 9.72 Å². The van der Waals surface area contributed by atoms with Crippen LogP contribution in [0.5, 0.6) is 0 Å². The predicted octanol–water partition coefficient (Wildman–Crippen LogP) is 3.07. The molecule has 1 fully saturated rings. The Morgan fingerprint density at radius 2 is 2.06 bits per heavy atom. The van der Waals surface area contributed by atoms with Gasteiger partial charge in [0.2, 0.25) is 0 Å². The lowest BCUT2D eigenvalue weighted by Gasteiger charge is -2.32. The van der Waals surface area contributed by atoms with Gasteiger partial charge in [-0.25, -0.2) is 4.79 Å². The van der Waals surface area contributed by atoms with Crippen molar-refractivity contribution in [2.45, 2.75) is 37.7 Å². The molecular weight excluding hydrogens is 222 g/mol. The van der Waals surface area contributed by atoms with Crippen LogP contribution in [0.2, 0.25) is 0 Å². The van der Waals surface area contributed by atoms with E-state index in [0.29, 0.717) is 10.2 Å². The van der Waals surface area contributed by atoms with Crippen LogP contribution in [0.25, 0.3) is 0 Å². The Morgan fingerprint density at radius 3 is 2.81 bits per heavy atom. The predicted molar refractivity (Wildman–Crippen MR) is 61.8 cm³/mol. The van der Waals surface area contributed by atoms with Crippen molar-refractivity contribution >= 4 is 18.2 Å². The molecule has 2 heterocycles. The highest BCUT2D eigenvalue weighted by Gasteiger charge is 2.46. The Hall–Kier alpha value is -1.16. The van der Waals surface area contributed by atoms with Crippen LogP contribution >= 0.6 is 12.2 Å². The molecule has 0 radical (unpaired) electrons. The molecule has 0 amide bonds. The molecule has 84 valence electrons. The molecule has 1 saturated carbocycles. The molecule has 1 aromatic heterocycles. The summed E-state index contributed by atoms with van der Waals surface area (Å²) in [6, 6.07) is 1.95. The molecule has 0 atom stereocenters. The van der Waals surface area contributed by atoms with Gasteiger partial charge in [-0.3, -0.25) is 0 Å². The summed E-state index contributed by atoms with van der Waals surface area (Å²) in [5, 5.41) is 0. The summed E-state index contributed by atoms with van der Waals surface area (Å²) in [6.45, 7) is 0. The largest absolute Gasteiger partial charge is 0.450 e. The highest BCUT2D eigenvalue weighted by molar-refractivity contribution is 7.71. The van der Waals surface area contributed by atoms with E-state index in [1.54, 1.807) is 6.20 Å². The SMILES string of the molecule is O=C1OC2(CCCCC2)c2cc[nH]c(=S)c21. The first-order valence-corrected chi connectivity index (χ1v) is 6.09. The van der Waals surface area contributed by atoms with Gasteiger partial charge in [0.15, 0.2) is 0 Å². The van der Waals surface area contributed by atoms with Crippen molar-refractivity contribution in [1.82, 2.24) is 4.98 Å². The first kappa shape index (κ1) is 10.0. The Bertz CT molecular complexity index is 500. The Morgan fingerprint density at radius 1 is 1.31 bits per heavy atom. The van der Waals surface area contributed by atoms with E-state index in [9.17, 15) is 4.79 Å². The summed E-state index contributed by atoms with van der Waals surface area (Å²) in [5.41, 5.74) is 1.22. The number of nitrogens with one attached hydrogen (secondary N) is 1. The third kappa shape index (κ3) is 1.26. The molecule has 2 aliphatic rings. The van der Waals surface area contributed by atoms with E-state index in [0.717, 1.165) is 31.2 Å². The standard InChI is InChI=1S/C12H13NO2S/c14-11-9-8(4-7-13-10(9)16)12(15-11)5-2-1-3-6-12/h4,7H,1-3,5-6H2,(H,13,16). The number of pyridine rings is 1. The topological polar surface area (TPSA) is 42.1 Å². The second-order valence-electron chi connectivity index (χ2n) is 4.54. The van der Waals surface area contributed by atoms with Gasteiger partial charge in [0.05, 0.1) is 0 Å². The molecule has 16 heavy (non-hydrogen) atoms. The maximum absolute atomic E-state index is 11.9. The first-order chi connectivity index (χ1) is 7.73. The first-order valence-electron chi connectivity index (χ1n) is 5.68. The lowest BCUT2D eigenvalue weighted by molar-refractivity contribution is -0.0280. The minimum Gasteiger partial charge on any atom is -0.450 e. The summed E-state index contributed by atoms with van der Waals surface area (Å²) < 4.78 is 6.12. The number of H-pyrrole nitrogens is 1. The molecular formula is C12H13NO2S. The van der Waals surface area contributed by atoms with Crippen molar-refractivity contribution in [3.8, 4) is 0 Å². The minimum absolute atomic E-state index is 0.251. The lowest BCUT2D eigenvalue weighted by Crippen LogP contribution is -2.28. The fraction of sp³-hybridized carbons (Fsp3) is 0.500. The molecule has 0 aromatic carbocycles. The van der Waals surface area contributed by atoms with Gasteiger partial charge in [-0.15, -0.1) is 0 Å². The van der Waals surface area contributed by atoms with Gasteiger partial charge in [-0.1, -0.05) is 18.6 Å². The molecule has 3 rings (SSSR count). The third-order valence-electron chi connectivity index (χ3n) is 3.61. The molecule has 1 aliphatic carbocycles. The number of hydrogen-bond acceptors (Lipinski definition) is 3. The van der Waals surface area contributed by atoms with E-state index >= 15 is 0 Å².